The number of rotatable bonds is 7. The Balaban J connectivity index is 1.60. The van der Waals surface area contributed by atoms with Gasteiger partial charge in [-0.1, -0.05) is 68.9 Å². The van der Waals surface area contributed by atoms with Crippen molar-refractivity contribution in [3.63, 3.8) is 0 Å². The van der Waals surface area contributed by atoms with Gasteiger partial charge in [-0.3, -0.25) is 0 Å². The highest BCUT2D eigenvalue weighted by molar-refractivity contribution is 7.99. The fourth-order valence-electron chi connectivity index (χ4n) is 2.84. The molecule has 0 fully saturated rings. The van der Waals surface area contributed by atoms with Crippen LogP contribution in [0.4, 0.5) is 0 Å². The lowest BCUT2D eigenvalue weighted by Crippen LogP contribution is -2.22. The monoisotopic (exact) mass is 398 g/mol. The average molecular weight is 399 g/mol. The third-order valence-electron chi connectivity index (χ3n) is 4.32. The smallest absolute Gasteiger partial charge is 0.214 e. The van der Waals surface area contributed by atoms with E-state index in [2.05, 4.69) is 42.4 Å². The van der Waals surface area contributed by atoms with Crippen LogP contribution in [0.25, 0.3) is 5.69 Å². The van der Waals surface area contributed by atoms with Gasteiger partial charge in [0.05, 0.1) is 11.8 Å². The summed E-state index contributed by atoms with van der Waals surface area (Å²) >= 11 is 1.41. The fraction of sp³-hybridized carbons (Fsp3) is 0.381. The number of hydrogen-bond donors (Lipinski definition) is 1. The summed E-state index contributed by atoms with van der Waals surface area (Å²) in [5, 5.41) is 23.0. The first-order valence-corrected chi connectivity index (χ1v) is 10.2. The molecule has 2 aromatic carbocycles. The molecule has 0 aliphatic rings. The van der Waals surface area contributed by atoms with Crippen LogP contribution in [0.15, 0.2) is 53.7 Å². The van der Waals surface area contributed by atoms with E-state index in [1.807, 2.05) is 49.4 Å². The predicted molar refractivity (Wildman–Crippen MR) is 111 cm³/mol. The first-order valence-electron chi connectivity index (χ1n) is 9.24. The normalized spacial score (nSPS) is 12.8. The molecule has 7 heteroatoms. The molecule has 3 rings (SSSR count). The molecule has 1 atom stereocenters. The molecular formula is C21H26N4O2S. The summed E-state index contributed by atoms with van der Waals surface area (Å²) < 4.78 is 7.60. The number of benzene rings is 2. The standard InChI is InChI=1S/C21H26N4O2S/c1-15-9-5-7-11-18(15)25-20(22-23-24-25)28-14-16(26)13-27-19-12-8-6-10-17(19)21(2,3)4/h5-12,16,26H,13-14H2,1-4H3/t16-/m0/s1. The molecule has 1 aromatic heterocycles. The molecule has 3 aromatic rings. The van der Waals surface area contributed by atoms with E-state index in [-0.39, 0.29) is 12.0 Å². The summed E-state index contributed by atoms with van der Waals surface area (Å²) in [6.45, 7) is 8.67. The van der Waals surface area contributed by atoms with E-state index < -0.39 is 6.10 Å². The van der Waals surface area contributed by atoms with Gasteiger partial charge < -0.3 is 9.84 Å². The molecule has 0 saturated carbocycles. The van der Waals surface area contributed by atoms with Crippen molar-refractivity contribution >= 4 is 11.8 Å². The Kier molecular flexibility index (Phi) is 6.36. The molecule has 0 bridgehead atoms. The summed E-state index contributed by atoms with van der Waals surface area (Å²) in [4.78, 5) is 0. The zero-order valence-electron chi connectivity index (χ0n) is 16.7. The van der Waals surface area contributed by atoms with E-state index in [0.29, 0.717) is 10.9 Å². The average Bonchev–Trinajstić information content (AvgIpc) is 3.13. The Morgan fingerprint density at radius 3 is 2.57 bits per heavy atom. The minimum atomic E-state index is -0.639. The zero-order chi connectivity index (χ0) is 20.1. The molecule has 0 unspecified atom stereocenters. The maximum absolute atomic E-state index is 10.4. The predicted octanol–water partition coefficient (Wildman–Crippen LogP) is 3.80. The summed E-state index contributed by atoms with van der Waals surface area (Å²) in [7, 11) is 0. The SMILES string of the molecule is Cc1ccccc1-n1nnnc1SC[C@@H](O)COc1ccccc1C(C)(C)C. The van der Waals surface area contributed by atoms with Crippen LogP contribution in [0.1, 0.15) is 31.9 Å². The van der Waals surface area contributed by atoms with Crippen molar-refractivity contribution in [1.29, 1.82) is 0 Å². The summed E-state index contributed by atoms with van der Waals surface area (Å²) in [5.41, 5.74) is 3.11. The zero-order valence-corrected chi connectivity index (χ0v) is 17.5. The quantitative estimate of drug-likeness (QED) is 0.610. The summed E-state index contributed by atoms with van der Waals surface area (Å²) in [5.74, 6) is 1.24. The highest BCUT2D eigenvalue weighted by Gasteiger charge is 2.19. The van der Waals surface area contributed by atoms with E-state index in [0.717, 1.165) is 22.6 Å². The Labute approximate surface area is 169 Å². The molecular weight excluding hydrogens is 372 g/mol. The molecule has 1 heterocycles. The van der Waals surface area contributed by atoms with E-state index in [4.69, 9.17) is 4.74 Å². The van der Waals surface area contributed by atoms with Gasteiger partial charge in [-0.2, -0.15) is 4.68 Å². The van der Waals surface area contributed by atoms with Crippen molar-refractivity contribution in [3.8, 4) is 11.4 Å². The van der Waals surface area contributed by atoms with Crippen LogP contribution < -0.4 is 4.74 Å². The molecule has 148 valence electrons. The third kappa shape index (κ3) is 4.91. The number of hydrogen-bond acceptors (Lipinski definition) is 6. The maximum atomic E-state index is 10.4. The first-order chi connectivity index (χ1) is 13.4. The number of thioether (sulfide) groups is 1. The largest absolute Gasteiger partial charge is 0.491 e. The number of nitrogens with zero attached hydrogens (tertiary/aromatic N) is 4. The fourth-order valence-corrected chi connectivity index (χ4v) is 3.63. The Morgan fingerprint density at radius 2 is 1.82 bits per heavy atom. The third-order valence-corrected chi connectivity index (χ3v) is 5.38. The first kappa shape index (κ1) is 20.4. The lowest BCUT2D eigenvalue weighted by molar-refractivity contribution is 0.125. The highest BCUT2D eigenvalue weighted by Crippen LogP contribution is 2.31. The van der Waals surface area contributed by atoms with Crippen molar-refractivity contribution in [2.75, 3.05) is 12.4 Å². The number of ether oxygens (including phenoxy) is 1. The van der Waals surface area contributed by atoms with E-state index >= 15 is 0 Å². The lowest BCUT2D eigenvalue weighted by atomic mass is 9.86. The molecule has 0 amide bonds. The second kappa shape index (κ2) is 8.75. The van der Waals surface area contributed by atoms with Gasteiger partial charge in [-0.15, -0.1) is 5.10 Å². The molecule has 0 radical (unpaired) electrons. The molecule has 0 spiro atoms. The lowest BCUT2D eigenvalue weighted by Gasteiger charge is -2.23. The number of aliphatic hydroxyl groups excluding tert-OH is 1. The van der Waals surface area contributed by atoms with Crippen LogP contribution in [0.5, 0.6) is 5.75 Å². The Morgan fingerprint density at radius 1 is 1.11 bits per heavy atom. The molecule has 1 N–H and O–H groups in total. The van der Waals surface area contributed by atoms with Crippen molar-refractivity contribution in [3.05, 3.63) is 59.7 Å². The van der Waals surface area contributed by atoms with Gasteiger partial charge in [0.15, 0.2) is 0 Å². The summed E-state index contributed by atoms with van der Waals surface area (Å²) in [6.07, 6.45) is -0.639. The Hall–Kier alpha value is -2.38. The van der Waals surface area contributed by atoms with Crippen LogP contribution in [-0.2, 0) is 5.41 Å². The molecule has 6 nitrogen and oxygen atoms in total. The second-order valence-corrected chi connectivity index (χ2v) is 8.67. The van der Waals surface area contributed by atoms with Crippen molar-refractivity contribution < 1.29 is 9.84 Å². The maximum Gasteiger partial charge on any atom is 0.214 e. The van der Waals surface area contributed by atoms with Gasteiger partial charge in [0, 0.05) is 5.75 Å². The van der Waals surface area contributed by atoms with Crippen LogP contribution >= 0.6 is 11.8 Å². The van der Waals surface area contributed by atoms with E-state index in [1.54, 1.807) is 4.68 Å². The van der Waals surface area contributed by atoms with Crippen molar-refractivity contribution in [1.82, 2.24) is 20.2 Å². The summed E-state index contributed by atoms with van der Waals surface area (Å²) in [6, 6.07) is 15.9. The van der Waals surface area contributed by atoms with Crippen LogP contribution in [0, 0.1) is 6.92 Å². The van der Waals surface area contributed by atoms with E-state index in [1.165, 1.54) is 11.8 Å². The van der Waals surface area contributed by atoms with Gasteiger partial charge in [-0.05, 0) is 46.0 Å². The van der Waals surface area contributed by atoms with Gasteiger partial charge in [0.1, 0.15) is 12.4 Å². The van der Waals surface area contributed by atoms with Gasteiger partial charge in [0.25, 0.3) is 0 Å². The van der Waals surface area contributed by atoms with Crippen molar-refractivity contribution in [2.45, 2.75) is 44.4 Å². The van der Waals surface area contributed by atoms with Crippen LogP contribution in [0.3, 0.4) is 0 Å². The Bertz CT molecular complexity index is 921. The van der Waals surface area contributed by atoms with Gasteiger partial charge >= 0.3 is 0 Å². The molecule has 0 aliphatic heterocycles. The van der Waals surface area contributed by atoms with Gasteiger partial charge in [-0.25, -0.2) is 0 Å². The van der Waals surface area contributed by atoms with Crippen LogP contribution in [-0.4, -0.2) is 43.8 Å². The minimum absolute atomic E-state index is 0.0219. The van der Waals surface area contributed by atoms with Gasteiger partial charge in [0.2, 0.25) is 5.16 Å². The molecule has 28 heavy (non-hydrogen) atoms. The number of tetrazole rings is 1. The topological polar surface area (TPSA) is 73.1 Å². The second-order valence-electron chi connectivity index (χ2n) is 7.68. The number of para-hydroxylation sites is 2. The number of aromatic nitrogens is 4. The van der Waals surface area contributed by atoms with Crippen molar-refractivity contribution in [2.24, 2.45) is 0 Å². The number of aryl methyl sites for hydroxylation is 1. The molecule has 0 saturated heterocycles. The van der Waals surface area contributed by atoms with E-state index in [9.17, 15) is 5.11 Å². The number of aliphatic hydroxyl groups is 1. The van der Waals surface area contributed by atoms with Crippen LogP contribution in [0.2, 0.25) is 0 Å². The molecule has 0 aliphatic carbocycles. The minimum Gasteiger partial charge on any atom is -0.491 e. The highest BCUT2D eigenvalue weighted by atomic mass is 32.2.